The molecule has 0 heterocycles. The van der Waals surface area contributed by atoms with Gasteiger partial charge in [-0.3, -0.25) is 4.72 Å². The molecule has 0 aliphatic carbocycles. The lowest BCUT2D eigenvalue weighted by Crippen LogP contribution is -2.17. The highest BCUT2D eigenvalue weighted by Gasteiger charge is 2.11. The molecule has 90 valence electrons. The van der Waals surface area contributed by atoms with Gasteiger partial charge in [0.2, 0.25) is 10.0 Å². The molecule has 3 nitrogen and oxygen atoms in total. The van der Waals surface area contributed by atoms with Crippen LogP contribution < -0.4 is 4.72 Å². The summed E-state index contributed by atoms with van der Waals surface area (Å²) in [5.41, 5.74) is 0.400. The van der Waals surface area contributed by atoms with E-state index in [-0.39, 0.29) is 5.75 Å². The summed E-state index contributed by atoms with van der Waals surface area (Å²) in [6.07, 6.45) is 0.416. The minimum Gasteiger partial charge on any atom is -0.282 e. The van der Waals surface area contributed by atoms with Crippen molar-refractivity contribution in [2.24, 2.45) is 0 Å². The first-order valence-electron chi connectivity index (χ1n) is 4.46. The molecule has 1 rings (SSSR count). The van der Waals surface area contributed by atoms with Gasteiger partial charge in [-0.1, -0.05) is 11.6 Å². The van der Waals surface area contributed by atoms with Crippen LogP contribution in [0.5, 0.6) is 0 Å². The molecule has 0 radical (unpaired) electrons. The zero-order chi connectivity index (χ0) is 12.2. The highest BCUT2D eigenvalue weighted by molar-refractivity contribution is 14.1. The Hall–Kier alpha value is 0.280. The molecule has 0 saturated heterocycles. The highest BCUT2D eigenvalue weighted by Crippen LogP contribution is 2.24. The number of sulfonamides is 1. The van der Waals surface area contributed by atoms with Crippen molar-refractivity contribution in [3.63, 3.8) is 0 Å². The molecule has 0 aliphatic rings. The highest BCUT2D eigenvalue weighted by atomic mass is 127. The first-order chi connectivity index (χ1) is 7.44. The largest absolute Gasteiger partial charge is 0.282 e. The van der Waals surface area contributed by atoms with Crippen molar-refractivity contribution < 1.29 is 8.42 Å². The molecule has 0 fully saturated rings. The summed E-state index contributed by atoms with van der Waals surface area (Å²) < 4.78 is 26.5. The van der Waals surface area contributed by atoms with Gasteiger partial charge in [0.25, 0.3) is 0 Å². The lowest BCUT2D eigenvalue weighted by atomic mass is 10.3. The zero-order valence-corrected chi connectivity index (χ0v) is 12.7. The Labute approximate surface area is 119 Å². The fraction of sp³-hybridized carbons (Fsp3) is 0.333. The van der Waals surface area contributed by atoms with E-state index in [1.54, 1.807) is 18.2 Å². The minimum absolute atomic E-state index is 0.00118. The van der Waals surface area contributed by atoms with Crippen molar-refractivity contribution in [1.82, 2.24) is 0 Å². The molecule has 7 heteroatoms. The summed E-state index contributed by atoms with van der Waals surface area (Å²) in [4.78, 5) is 0. The third-order valence-corrected chi connectivity index (χ3v) is 4.35. The Morgan fingerprint density at radius 3 is 2.62 bits per heavy atom. The van der Waals surface area contributed by atoms with E-state index in [1.165, 1.54) is 0 Å². The molecule has 0 aliphatic heterocycles. The first-order valence-corrected chi connectivity index (χ1v) is 8.10. The van der Waals surface area contributed by atoms with Crippen LogP contribution >= 0.6 is 45.8 Å². The maximum absolute atomic E-state index is 11.6. The van der Waals surface area contributed by atoms with Gasteiger partial charge in [0.1, 0.15) is 0 Å². The second-order valence-corrected chi connectivity index (χ2v) is 6.96. The monoisotopic (exact) mass is 393 g/mol. The summed E-state index contributed by atoms with van der Waals surface area (Å²) in [7, 11) is -3.35. The Bertz CT molecular complexity index is 465. The van der Waals surface area contributed by atoms with Gasteiger partial charge in [-0.25, -0.2) is 8.42 Å². The normalized spacial score (nSPS) is 11.4. The van der Waals surface area contributed by atoms with Crippen LogP contribution in [-0.4, -0.2) is 20.1 Å². The van der Waals surface area contributed by atoms with Crippen molar-refractivity contribution in [2.45, 2.75) is 6.42 Å². The summed E-state index contributed by atoms with van der Waals surface area (Å²) in [6, 6.07) is 5.12. The molecule has 0 amide bonds. The van der Waals surface area contributed by atoms with Crippen LogP contribution in [0.25, 0.3) is 0 Å². The molecule has 0 spiro atoms. The summed E-state index contributed by atoms with van der Waals surface area (Å²) in [5, 5.41) is 0.390. The average Bonchev–Trinajstić information content (AvgIpc) is 2.19. The molecule has 0 aromatic heterocycles. The van der Waals surface area contributed by atoms with E-state index in [4.69, 9.17) is 23.2 Å². The van der Waals surface area contributed by atoms with Gasteiger partial charge in [-0.05, 0) is 47.2 Å². The second-order valence-electron chi connectivity index (χ2n) is 3.09. The van der Waals surface area contributed by atoms with Gasteiger partial charge in [-0.15, -0.1) is 11.6 Å². The topological polar surface area (TPSA) is 46.2 Å². The lowest BCUT2D eigenvalue weighted by molar-refractivity contribution is 0.600. The van der Waals surface area contributed by atoms with Crippen LogP contribution in [0.15, 0.2) is 18.2 Å². The van der Waals surface area contributed by atoms with E-state index in [1.807, 2.05) is 0 Å². The third kappa shape index (κ3) is 4.65. The lowest BCUT2D eigenvalue weighted by Gasteiger charge is -2.09. The predicted octanol–water partition coefficient (Wildman–Crippen LogP) is 3.32. The summed E-state index contributed by atoms with van der Waals surface area (Å²) >= 11 is 13.5. The van der Waals surface area contributed by atoms with Crippen LogP contribution in [0.1, 0.15) is 6.42 Å². The Balaban J connectivity index is 2.80. The van der Waals surface area contributed by atoms with E-state index in [0.29, 0.717) is 23.0 Å². The van der Waals surface area contributed by atoms with Crippen LogP contribution in [-0.2, 0) is 10.0 Å². The Morgan fingerprint density at radius 1 is 1.38 bits per heavy atom. The van der Waals surface area contributed by atoms with E-state index in [9.17, 15) is 8.42 Å². The number of anilines is 1. The van der Waals surface area contributed by atoms with Crippen molar-refractivity contribution in [3.05, 3.63) is 26.8 Å². The van der Waals surface area contributed by atoms with Gasteiger partial charge in [0.05, 0.1) is 16.5 Å². The van der Waals surface area contributed by atoms with Gasteiger partial charge in [0, 0.05) is 9.45 Å². The number of nitrogens with one attached hydrogen (secondary N) is 1. The fourth-order valence-corrected chi connectivity index (χ4v) is 3.43. The molecular formula is C9H10Cl2INO2S. The molecule has 1 N–H and O–H groups in total. The number of hydrogen-bond acceptors (Lipinski definition) is 2. The molecule has 16 heavy (non-hydrogen) atoms. The van der Waals surface area contributed by atoms with E-state index in [2.05, 4.69) is 27.3 Å². The molecule has 1 aromatic carbocycles. The van der Waals surface area contributed by atoms with Gasteiger partial charge in [0.15, 0.2) is 0 Å². The van der Waals surface area contributed by atoms with Crippen molar-refractivity contribution in [2.75, 3.05) is 16.4 Å². The summed E-state index contributed by atoms with van der Waals surface area (Å²) in [6.45, 7) is 0. The Morgan fingerprint density at radius 2 is 2.06 bits per heavy atom. The van der Waals surface area contributed by atoms with Crippen LogP contribution in [0.3, 0.4) is 0 Å². The average molecular weight is 394 g/mol. The number of halogens is 3. The molecular weight excluding hydrogens is 384 g/mol. The predicted molar refractivity (Wildman–Crippen MR) is 76.9 cm³/mol. The van der Waals surface area contributed by atoms with Gasteiger partial charge < -0.3 is 0 Å². The standard InChI is InChI=1S/C9H10Cl2INO2S/c10-4-1-5-16(14,15)13-9-3-2-7(12)6-8(9)11/h2-3,6,13H,1,4-5H2. The van der Waals surface area contributed by atoms with Crippen LogP contribution in [0, 0.1) is 3.57 Å². The maximum Gasteiger partial charge on any atom is 0.232 e. The smallest absolute Gasteiger partial charge is 0.232 e. The van der Waals surface area contributed by atoms with Crippen molar-refractivity contribution in [1.29, 1.82) is 0 Å². The minimum atomic E-state index is -3.35. The van der Waals surface area contributed by atoms with E-state index < -0.39 is 10.0 Å². The van der Waals surface area contributed by atoms with Crippen LogP contribution in [0.2, 0.25) is 5.02 Å². The number of hydrogen-bond donors (Lipinski definition) is 1. The molecule has 0 unspecified atom stereocenters. The molecule has 0 saturated carbocycles. The van der Waals surface area contributed by atoms with Crippen molar-refractivity contribution in [3.8, 4) is 0 Å². The maximum atomic E-state index is 11.6. The first kappa shape index (κ1) is 14.3. The number of benzene rings is 1. The molecule has 1 aromatic rings. The zero-order valence-electron chi connectivity index (χ0n) is 8.21. The molecule has 0 bridgehead atoms. The second kappa shape index (κ2) is 6.28. The number of rotatable bonds is 5. The quantitative estimate of drug-likeness (QED) is 0.616. The van der Waals surface area contributed by atoms with Gasteiger partial charge >= 0.3 is 0 Å². The Kier molecular flexibility index (Phi) is 5.63. The van der Waals surface area contributed by atoms with Crippen LogP contribution in [0.4, 0.5) is 5.69 Å². The van der Waals surface area contributed by atoms with Gasteiger partial charge in [-0.2, -0.15) is 0 Å². The van der Waals surface area contributed by atoms with Crippen molar-refractivity contribution >= 4 is 61.5 Å². The third-order valence-electron chi connectivity index (χ3n) is 1.74. The fourth-order valence-electron chi connectivity index (χ4n) is 1.04. The summed E-state index contributed by atoms with van der Waals surface area (Å²) in [5.74, 6) is 0.320. The van der Waals surface area contributed by atoms with E-state index in [0.717, 1.165) is 3.57 Å². The number of alkyl halides is 1. The molecule has 0 atom stereocenters. The SMILES string of the molecule is O=S(=O)(CCCCl)Nc1ccc(I)cc1Cl. The van der Waals surface area contributed by atoms with E-state index >= 15 is 0 Å².